The van der Waals surface area contributed by atoms with E-state index in [9.17, 15) is 13.2 Å². The lowest BCUT2D eigenvalue weighted by Crippen LogP contribution is -2.36. The molecule has 1 saturated heterocycles. The summed E-state index contributed by atoms with van der Waals surface area (Å²) in [5.74, 6) is 0.795. The molecular weight excluding hydrogens is 394 g/mol. The summed E-state index contributed by atoms with van der Waals surface area (Å²) in [5.41, 5.74) is 6.71. The van der Waals surface area contributed by atoms with Crippen LogP contribution in [-0.4, -0.2) is 38.5 Å². The summed E-state index contributed by atoms with van der Waals surface area (Å²) in [6, 6.07) is 11.3. The summed E-state index contributed by atoms with van der Waals surface area (Å²) in [7, 11) is -3.59. The molecule has 0 saturated carbocycles. The van der Waals surface area contributed by atoms with Crippen LogP contribution in [0.1, 0.15) is 28.8 Å². The van der Waals surface area contributed by atoms with Crippen molar-refractivity contribution >= 4 is 21.6 Å². The molecule has 2 aromatic carbocycles. The highest BCUT2D eigenvalue weighted by molar-refractivity contribution is 7.89. The Balaban J connectivity index is 1.43. The molecule has 2 heterocycles. The minimum atomic E-state index is -3.59. The van der Waals surface area contributed by atoms with Crippen LogP contribution in [0.15, 0.2) is 53.9 Å². The van der Waals surface area contributed by atoms with Gasteiger partial charge in [0, 0.05) is 24.2 Å². The molecule has 0 radical (unpaired) electrons. The van der Waals surface area contributed by atoms with E-state index in [0.29, 0.717) is 30.3 Å². The van der Waals surface area contributed by atoms with Crippen LogP contribution in [0.5, 0.6) is 11.5 Å². The quantitative estimate of drug-likeness (QED) is 0.702. The Morgan fingerprint density at radius 1 is 0.966 bits per heavy atom. The molecule has 152 valence electrons. The summed E-state index contributed by atoms with van der Waals surface area (Å²) in [6.45, 7) is 5.09. The molecule has 2 N–H and O–H groups in total. The first-order chi connectivity index (χ1) is 13.9. The minimum Gasteiger partial charge on any atom is -0.454 e. The third kappa shape index (κ3) is 3.92. The Hall–Kier alpha value is -3.04. The minimum absolute atomic E-state index is 0.113. The van der Waals surface area contributed by atoms with Crippen molar-refractivity contribution < 1.29 is 22.7 Å². The highest BCUT2D eigenvalue weighted by atomic mass is 32.2. The maximum Gasteiger partial charge on any atom is 0.269 e. The van der Waals surface area contributed by atoms with E-state index in [1.54, 1.807) is 30.3 Å². The largest absolute Gasteiger partial charge is 0.454 e. The lowest BCUT2D eigenvalue weighted by atomic mass is 10.1. The van der Waals surface area contributed by atoms with E-state index < -0.39 is 15.9 Å². The molecule has 0 spiro atoms. The molecule has 2 aliphatic rings. The molecule has 29 heavy (non-hydrogen) atoms. The third-order valence-corrected chi connectivity index (χ3v) is 6.74. The molecule has 8 nitrogen and oxygen atoms in total. The van der Waals surface area contributed by atoms with Crippen molar-refractivity contribution in [3.05, 3.63) is 60.2 Å². The van der Waals surface area contributed by atoms with E-state index in [0.717, 1.165) is 18.4 Å². The summed E-state index contributed by atoms with van der Waals surface area (Å²) in [5, 5.41) is 0. The van der Waals surface area contributed by atoms with Gasteiger partial charge in [0.15, 0.2) is 11.5 Å². The van der Waals surface area contributed by atoms with Crippen LogP contribution in [0.3, 0.4) is 0 Å². The molecule has 9 heteroatoms. The van der Waals surface area contributed by atoms with Gasteiger partial charge in [0.2, 0.25) is 16.8 Å². The number of rotatable bonds is 6. The Morgan fingerprint density at radius 2 is 1.72 bits per heavy atom. The van der Waals surface area contributed by atoms with Crippen LogP contribution >= 0.6 is 0 Å². The number of ether oxygens (including phenoxy) is 2. The topological polar surface area (TPSA) is 97.0 Å². The van der Waals surface area contributed by atoms with Crippen LogP contribution in [0.2, 0.25) is 0 Å². The molecule has 2 aromatic rings. The molecule has 1 amide bonds. The number of hydrogen-bond donors (Lipinski definition) is 2. The number of carbonyl (C=O) groups excluding carboxylic acids is 1. The van der Waals surface area contributed by atoms with Gasteiger partial charge in [-0.05, 0) is 49.2 Å². The van der Waals surface area contributed by atoms with Gasteiger partial charge in [0.25, 0.3) is 5.91 Å². The zero-order chi connectivity index (χ0) is 20.4. The zero-order valence-electron chi connectivity index (χ0n) is 15.7. The normalized spacial score (nSPS) is 15.9. The number of fused-ring (bicyclic) bond motifs is 1. The fourth-order valence-electron chi connectivity index (χ4n) is 3.24. The number of sulfonamides is 1. The second-order valence-electron chi connectivity index (χ2n) is 6.76. The monoisotopic (exact) mass is 415 g/mol. The number of nitrogens with zero attached hydrogens (tertiary/aromatic N) is 1. The van der Waals surface area contributed by atoms with Crippen molar-refractivity contribution in [2.75, 3.05) is 19.9 Å². The lowest BCUT2D eigenvalue weighted by Gasteiger charge is -2.16. The summed E-state index contributed by atoms with van der Waals surface area (Å²) >= 11 is 0. The van der Waals surface area contributed by atoms with Crippen molar-refractivity contribution in [1.82, 2.24) is 15.2 Å². The number of carbonyl (C=O) groups is 1. The molecule has 2 aliphatic heterocycles. The summed E-state index contributed by atoms with van der Waals surface area (Å²) < 4.78 is 37.4. The average Bonchev–Trinajstić information content (AvgIpc) is 3.43. The molecule has 0 aromatic heterocycles. The second kappa shape index (κ2) is 7.76. The van der Waals surface area contributed by atoms with Crippen molar-refractivity contribution in [2.24, 2.45) is 0 Å². The number of hydrazine groups is 1. The van der Waals surface area contributed by atoms with E-state index in [2.05, 4.69) is 17.4 Å². The first-order valence-electron chi connectivity index (χ1n) is 9.21. The van der Waals surface area contributed by atoms with Crippen molar-refractivity contribution in [3.8, 4) is 11.5 Å². The fourth-order valence-corrected chi connectivity index (χ4v) is 4.80. The molecule has 0 aliphatic carbocycles. The summed E-state index contributed by atoms with van der Waals surface area (Å²) in [4.78, 5) is 12.6. The van der Waals surface area contributed by atoms with E-state index in [1.165, 1.54) is 16.4 Å². The van der Waals surface area contributed by atoms with E-state index in [4.69, 9.17) is 9.47 Å². The molecule has 4 rings (SSSR count). The smallest absolute Gasteiger partial charge is 0.269 e. The van der Waals surface area contributed by atoms with Gasteiger partial charge >= 0.3 is 0 Å². The lowest BCUT2D eigenvalue weighted by molar-refractivity contribution is 0.0942. The van der Waals surface area contributed by atoms with Crippen molar-refractivity contribution in [1.29, 1.82) is 0 Å². The Morgan fingerprint density at radius 3 is 2.52 bits per heavy atom. The highest BCUT2D eigenvalue weighted by Gasteiger charge is 2.27. The van der Waals surface area contributed by atoms with Crippen LogP contribution < -0.4 is 20.3 Å². The Bertz CT molecular complexity index is 1060. The predicted molar refractivity (Wildman–Crippen MR) is 107 cm³/mol. The molecule has 0 atom stereocenters. The average molecular weight is 415 g/mol. The van der Waals surface area contributed by atoms with E-state index >= 15 is 0 Å². The Labute approximate surface area is 169 Å². The number of benzene rings is 2. The van der Waals surface area contributed by atoms with Gasteiger partial charge in [-0.3, -0.25) is 15.6 Å². The molecule has 0 unspecified atom stereocenters. The van der Waals surface area contributed by atoms with Gasteiger partial charge in [-0.2, -0.15) is 4.31 Å². The van der Waals surface area contributed by atoms with Crippen molar-refractivity contribution in [2.45, 2.75) is 17.7 Å². The number of amides is 1. The standard InChI is InChI=1S/C20H21N3O5S/c1-14(15-7-8-18-19(12-15)28-13-27-18)21-22-20(24)16-5-4-6-17(11-16)29(25,26)23-9-2-3-10-23/h4-8,11-12,21H,1-3,9-10,13H2,(H,22,24). The maximum atomic E-state index is 12.7. The van der Waals surface area contributed by atoms with Crippen LogP contribution in [-0.2, 0) is 10.0 Å². The fraction of sp³-hybridized carbons (Fsp3) is 0.250. The highest BCUT2D eigenvalue weighted by Crippen LogP contribution is 2.33. The van der Waals surface area contributed by atoms with Crippen LogP contribution in [0.25, 0.3) is 5.70 Å². The SMILES string of the molecule is C=C(NNC(=O)c1cccc(S(=O)(=O)N2CCCC2)c1)c1ccc2c(c1)OCO2. The number of nitrogens with one attached hydrogen (secondary N) is 2. The van der Waals surface area contributed by atoms with Crippen LogP contribution in [0, 0.1) is 0 Å². The van der Waals surface area contributed by atoms with Gasteiger partial charge < -0.3 is 9.47 Å². The first-order valence-corrected chi connectivity index (χ1v) is 10.6. The van der Waals surface area contributed by atoms with E-state index in [-0.39, 0.29) is 17.3 Å². The summed E-state index contributed by atoms with van der Waals surface area (Å²) in [6.07, 6.45) is 1.70. The molecular formula is C20H21N3O5S. The number of hydrogen-bond acceptors (Lipinski definition) is 6. The van der Waals surface area contributed by atoms with Gasteiger partial charge in [-0.25, -0.2) is 8.42 Å². The van der Waals surface area contributed by atoms with Gasteiger partial charge in [-0.1, -0.05) is 12.6 Å². The Kier molecular flexibility index (Phi) is 5.16. The predicted octanol–water partition coefficient (Wildman–Crippen LogP) is 2.11. The molecule has 1 fully saturated rings. The third-order valence-electron chi connectivity index (χ3n) is 4.85. The first kappa shape index (κ1) is 19.3. The van der Waals surface area contributed by atoms with Gasteiger partial charge in [0.1, 0.15) is 0 Å². The van der Waals surface area contributed by atoms with Crippen LogP contribution in [0.4, 0.5) is 0 Å². The van der Waals surface area contributed by atoms with Gasteiger partial charge in [-0.15, -0.1) is 0 Å². The maximum absolute atomic E-state index is 12.7. The van der Waals surface area contributed by atoms with E-state index in [1.807, 2.05) is 0 Å². The molecule has 0 bridgehead atoms. The second-order valence-corrected chi connectivity index (χ2v) is 8.70. The van der Waals surface area contributed by atoms with Gasteiger partial charge in [0.05, 0.1) is 10.6 Å². The zero-order valence-corrected chi connectivity index (χ0v) is 16.5. The van der Waals surface area contributed by atoms with Crippen molar-refractivity contribution in [3.63, 3.8) is 0 Å².